The van der Waals surface area contributed by atoms with Crippen molar-refractivity contribution < 1.29 is 0 Å². The molecular formula is C18H16N4. The molecule has 1 aliphatic rings. The van der Waals surface area contributed by atoms with Crippen LogP contribution in [0.1, 0.15) is 29.9 Å². The van der Waals surface area contributed by atoms with Crippen molar-refractivity contribution in [3.05, 3.63) is 59.8 Å². The van der Waals surface area contributed by atoms with Crippen LogP contribution in [0.2, 0.25) is 0 Å². The van der Waals surface area contributed by atoms with Crippen LogP contribution in [0, 0.1) is 22.7 Å². The zero-order valence-electron chi connectivity index (χ0n) is 12.2. The van der Waals surface area contributed by atoms with Gasteiger partial charge in [-0.2, -0.15) is 10.5 Å². The molecule has 4 nitrogen and oxygen atoms in total. The van der Waals surface area contributed by atoms with Crippen molar-refractivity contribution in [1.29, 1.82) is 10.5 Å². The van der Waals surface area contributed by atoms with E-state index in [1.165, 1.54) is 0 Å². The lowest BCUT2D eigenvalue weighted by molar-refractivity contribution is 0.607. The average Bonchev–Trinajstić information content (AvgIpc) is 3.06. The maximum Gasteiger partial charge on any atom is 0.146 e. The molecule has 0 saturated carbocycles. The number of nitriles is 2. The fourth-order valence-electron chi connectivity index (χ4n) is 3.16. The van der Waals surface area contributed by atoms with Gasteiger partial charge in [0, 0.05) is 12.7 Å². The van der Waals surface area contributed by atoms with Crippen LogP contribution >= 0.6 is 0 Å². The molecule has 1 aromatic heterocycles. The summed E-state index contributed by atoms with van der Waals surface area (Å²) in [5.41, 5.74) is 1.59. The van der Waals surface area contributed by atoms with Crippen LogP contribution in [-0.2, 0) is 0 Å². The zero-order chi connectivity index (χ0) is 15.4. The summed E-state index contributed by atoms with van der Waals surface area (Å²) in [6, 6.07) is 18.1. The first-order chi connectivity index (χ1) is 10.8. The van der Waals surface area contributed by atoms with Gasteiger partial charge < -0.3 is 4.90 Å². The Labute approximate surface area is 130 Å². The minimum Gasteiger partial charge on any atom is -0.351 e. The van der Waals surface area contributed by atoms with E-state index in [1.54, 1.807) is 18.3 Å². The standard InChI is InChI=1S/C18H16N4/c19-12-15-8-4-10-21-18(15)22-11-5-9-17(22)16(13-20)14-6-2-1-3-7-14/h1-4,6-8,10,16-17H,5,9,11H2. The summed E-state index contributed by atoms with van der Waals surface area (Å²) in [4.78, 5) is 6.51. The van der Waals surface area contributed by atoms with Gasteiger partial charge in [0.2, 0.25) is 0 Å². The van der Waals surface area contributed by atoms with E-state index in [0.29, 0.717) is 11.4 Å². The van der Waals surface area contributed by atoms with Crippen LogP contribution in [0.25, 0.3) is 0 Å². The lowest BCUT2D eigenvalue weighted by atomic mass is 9.91. The van der Waals surface area contributed by atoms with E-state index in [0.717, 1.165) is 24.9 Å². The normalized spacial score (nSPS) is 18.5. The second-order valence-corrected chi connectivity index (χ2v) is 5.41. The van der Waals surface area contributed by atoms with Crippen LogP contribution in [-0.4, -0.2) is 17.6 Å². The fraction of sp³-hybridized carbons (Fsp3) is 0.278. The smallest absolute Gasteiger partial charge is 0.146 e. The highest BCUT2D eigenvalue weighted by atomic mass is 15.2. The predicted octanol–water partition coefficient (Wildman–Crippen LogP) is 3.23. The summed E-state index contributed by atoms with van der Waals surface area (Å²) in [5.74, 6) is 0.487. The Bertz CT molecular complexity index is 727. The lowest BCUT2D eigenvalue weighted by Crippen LogP contribution is -2.35. The van der Waals surface area contributed by atoms with Crippen molar-refractivity contribution in [2.45, 2.75) is 24.8 Å². The largest absolute Gasteiger partial charge is 0.351 e. The first-order valence-electron chi connectivity index (χ1n) is 7.41. The topological polar surface area (TPSA) is 63.7 Å². The van der Waals surface area contributed by atoms with E-state index in [1.807, 2.05) is 30.3 Å². The van der Waals surface area contributed by atoms with Crippen molar-refractivity contribution in [1.82, 2.24) is 4.98 Å². The van der Waals surface area contributed by atoms with Gasteiger partial charge in [-0.3, -0.25) is 0 Å². The Morgan fingerprint density at radius 1 is 1.14 bits per heavy atom. The Kier molecular flexibility index (Phi) is 4.03. The quantitative estimate of drug-likeness (QED) is 0.869. The molecule has 2 heterocycles. The van der Waals surface area contributed by atoms with Crippen LogP contribution < -0.4 is 4.90 Å². The Balaban J connectivity index is 1.97. The Hall–Kier alpha value is -2.85. The van der Waals surface area contributed by atoms with Gasteiger partial charge in [0.1, 0.15) is 11.9 Å². The van der Waals surface area contributed by atoms with Gasteiger partial charge >= 0.3 is 0 Å². The van der Waals surface area contributed by atoms with Crippen molar-refractivity contribution in [2.24, 2.45) is 0 Å². The third kappa shape index (κ3) is 2.52. The summed E-state index contributed by atoms with van der Waals surface area (Å²) in [6.45, 7) is 0.835. The summed E-state index contributed by atoms with van der Waals surface area (Å²) in [7, 11) is 0. The molecule has 22 heavy (non-hydrogen) atoms. The first-order valence-corrected chi connectivity index (χ1v) is 7.41. The molecule has 1 fully saturated rings. The second-order valence-electron chi connectivity index (χ2n) is 5.41. The average molecular weight is 288 g/mol. The van der Waals surface area contributed by atoms with Gasteiger partial charge in [-0.05, 0) is 30.5 Å². The number of aromatic nitrogens is 1. The second kappa shape index (κ2) is 6.28. The molecular weight excluding hydrogens is 272 g/mol. The lowest BCUT2D eigenvalue weighted by Gasteiger charge is -2.29. The molecule has 2 aromatic rings. The van der Waals surface area contributed by atoms with Gasteiger partial charge in [-0.1, -0.05) is 30.3 Å². The monoisotopic (exact) mass is 288 g/mol. The third-order valence-electron chi connectivity index (χ3n) is 4.16. The molecule has 1 aliphatic heterocycles. The highest BCUT2D eigenvalue weighted by molar-refractivity contribution is 5.55. The number of nitrogens with zero attached hydrogens (tertiary/aromatic N) is 4. The van der Waals surface area contributed by atoms with Crippen LogP contribution in [0.15, 0.2) is 48.7 Å². The van der Waals surface area contributed by atoms with Gasteiger partial charge in [-0.15, -0.1) is 0 Å². The molecule has 108 valence electrons. The molecule has 0 bridgehead atoms. The van der Waals surface area contributed by atoms with Gasteiger partial charge in [-0.25, -0.2) is 4.98 Å². The minimum atomic E-state index is -0.211. The fourth-order valence-corrected chi connectivity index (χ4v) is 3.16. The molecule has 2 unspecified atom stereocenters. The summed E-state index contributed by atoms with van der Waals surface area (Å²) in [5, 5.41) is 19.0. The van der Waals surface area contributed by atoms with Crippen molar-refractivity contribution in [3.8, 4) is 12.1 Å². The van der Waals surface area contributed by atoms with Gasteiger partial charge in [0.05, 0.1) is 23.6 Å². The highest BCUT2D eigenvalue weighted by Crippen LogP contribution is 2.34. The maximum absolute atomic E-state index is 9.67. The van der Waals surface area contributed by atoms with E-state index in [9.17, 15) is 10.5 Å². The van der Waals surface area contributed by atoms with E-state index < -0.39 is 0 Å². The summed E-state index contributed by atoms with van der Waals surface area (Å²) in [6.07, 6.45) is 3.65. The minimum absolute atomic E-state index is 0.0643. The Morgan fingerprint density at radius 3 is 2.68 bits per heavy atom. The predicted molar refractivity (Wildman–Crippen MR) is 84.1 cm³/mol. The molecule has 0 N–H and O–H groups in total. The summed E-state index contributed by atoms with van der Waals surface area (Å²) < 4.78 is 0. The van der Waals surface area contributed by atoms with Crippen molar-refractivity contribution >= 4 is 5.82 Å². The third-order valence-corrected chi connectivity index (χ3v) is 4.16. The van der Waals surface area contributed by atoms with Crippen LogP contribution in [0.5, 0.6) is 0 Å². The summed E-state index contributed by atoms with van der Waals surface area (Å²) >= 11 is 0. The van der Waals surface area contributed by atoms with Crippen LogP contribution in [0.3, 0.4) is 0 Å². The number of hydrogen-bond donors (Lipinski definition) is 0. The maximum atomic E-state index is 9.67. The highest BCUT2D eigenvalue weighted by Gasteiger charge is 2.34. The van der Waals surface area contributed by atoms with Gasteiger partial charge in [0.25, 0.3) is 0 Å². The molecule has 2 atom stereocenters. The van der Waals surface area contributed by atoms with E-state index in [4.69, 9.17) is 0 Å². The molecule has 3 rings (SSSR count). The Morgan fingerprint density at radius 2 is 1.95 bits per heavy atom. The molecule has 0 aliphatic carbocycles. The first kappa shape index (κ1) is 14.1. The van der Waals surface area contributed by atoms with Gasteiger partial charge in [0.15, 0.2) is 0 Å². The molecule has 0 radical (unpaired) electrons. The zero-order valence-corrected chi connectivity index (χ0v) is 12.2. The van der Waals surface area contributed by atoms with Crippen LogP contribution in [0.4, 0.5) is 5.82 Å². The number of hydrogen-bond acceptors (Lipinski definition) is 4. The molecule has 0 amide bonds. The molecule has 4 heteroatoms. The van der Waals surface area contributed by atoms with E-state index in [2.05, 4.69) is 22.0 Å². The number of benzene rings is 1. The molecule has 1 saturated heterocycles. The number of rotatable bonds is 3. The van der Waals surface area contributed by atoms with Crippen molar-refractivity contribution in [2.75, 3.05) is 11.4 Å². The van der Waals surface area contributed by atoms with E-state index in [-0.39, 0.29) is 12.0 Å². The molecule has 0 spiro atoms. The SMILES string of the molecule is N#Cc1cccnc1N1CCCC1C(C#N)c1ccccc1. The van der Waals surface area contributed by atoms with E-state index >= 15 is 0 Å². The number of anilines is 1. The molecule has 1 aromatic carbocycles. The number of pyridine rings is 1. The van der Waals surface area contributed by atoms with Crippen molar-refractivity contribution in [3.63, 3.8) is 0 Å².